The molecule has 0 bridgehead atoms. The fourth-order valence-electron chi connectivity index (χ4n) is 3.01. The van der Waals surface area contributed by atoms with Crippen LogP contribution in [0.5, 0.6) is 0 Å². The first-order valence-electron chi connectivity index (χ1n) is 7.71. The molecule has 2 atom stereocenters. The molecule has 1 aromatic carbocycles. The summed E-state index contributed by atoms with van der Waals surface area (Å²) in [4.78, 5) is 0.277. The van der Waals surface area contributed by atoms with E-state index in [4.69, 9.17) is 0 Å². The molecule has 2 rings (SSSR count). The quantitative estimate of drug-likeness (QED) is 0.848. The van der Waals surface area contributed by atoms with E-state index in [1.807, 2.05) is 20.8 Å². The van der Waals surface area contributed by atoms with Crippen molar-refractivity contribution in [3.63, 3.8) is 0 Å². The smallest absolute Gasteiger partial charge is 0.243 e. The van der Waals surface area contributed by atoms with Gasteiger partial charge in [0.2, 0.25) is 10.0 Å². The minimum absolute atomic E-state index is 0.128. The van der Waals surface area contributed by atoms with Gasteiger partial charge in [0.05, 0.1) is 10.5 Å². The van der Waals surface area contributed by atoms with E-state index in [0.717, 1.165) is 17.6 Å². The molecule has 0 radical (unpaired) electrons. The second-order valence-corrected chi connectivity index (χ2v) is 8.07. The Balaban J connectivity index is 2.34. The van der Waals surface area contributed by atoms with Gasteiger partial charge in [-0.1, -0.05) is 43.7 Å². The van der Waals surface area contributed by atoms with Gasteiger partial charge in [0.1, 0.15) is 0 Å². The van der Waals surface area contributed by atoms with Gasteiger partial charge < -0.3 is 5.11 Å². The van der Waals surface area contributed by atoms with Crippen LogP contribution in [-0.4, -0.2) is 36.5 Å². The van der Waals surface area contributed by atoms with Crippen molar-refractivity contribution in [3.8, 4) is 0 Å². The molecule has 1 heterocycles. The average Bonchev–Trinajstić information content (AvgIpc) is 2.86. The second-order valence-electron chi connectivity index (χ2n) is 6.13. The molecule has 22 heavy (non-hydrogen) atoms. The van der Waals surface area contributed by atoms with Gasteiger partial charge >= 0.3 is 0 Å². The molecule has 122 valence electrons. The molecule has 1 aromatic rings. The van der Waals surface area contributed by atoms with E-state index < -0.39 is 15.6 Å². The van der Waals surface area contributed by atoms with Crippen LogP contribution in [-0.2, 0) is 10.0 Å². The van der Waals surface area contributed by atoms with Crippen molar-refractivity contribution in [1.29, 1.82) is 0 Å². The molecule has 0 spiro atoms. The molecule has 0 aliphatic carbocycles. The molecule has 1 fully saturated rings. The van der Waals surface area contributed by atoms with Crippen molar-refractivity contribution < 1.29 is 13.5 Å². The summed E-state index contributed by atoms with van der Waals surface area (Å²) in [5.74, 6) is -0.206. The molecular formula is C17H25NO3S. The summed E-state index contributed by atoms with van der Waals surface area (Å²) >= 11 is 0. The Morgan fingerprint density at radius 2 is 1.95 bits per heavy atom. The predicted octanol–water partition coefficient (Wildman–Crippen LogP) is 2.72. The third-order valence-electron chi connectivity index (χ3n) is 4.70. The molecule has 0 aromatic heterocycles. The minimum atomic E-state index is -3.58. The second kappa shape index (κ2) is 6.14. The van der Waals surface area contributed by atoms with Crippen molar-refractivity contribution in [1.82, 2.24) is 4.31 Å². The summed E-state index contributed by atoms with van der Waals surface area (Å²) in [6.45, 7) is 10.2. The summed E-state index contributed by atoms with van der Waals surface area (Å²) in [6.07, 6.45) is 1.25. The lowest BCUT2D eigenvalue weighted by molar-refractivity contribution is 0.0224. The Bertz CT molecular complexity index is 651. The van der Waals surface area contributed by atoms with Crippen molar-refractivity contribution in [3.05, 3.63) is 42.0 Å². The summed E-state index contributed by atoms with van der Waals surface area (Å²) in [5.41, 5.74) is 0.902. The van der Waals surface area contributed by atoms with Crippen molar-refractivity contribution >= 4 is 10.0 Å². The Labute approximate surface area is 133 Å². The first-order valence-corrected chi connectivity index (χ1v) is 9.15. The topological polar surface area (TPSA) is 57.6 Å². The van der Waals surface area contributed by atoms with E-state index in [9.17, 15) is 13.5 Å². The summed E-state index contributed by atoms with van der Waals surface area (Å²) < 4.78 is 27.0. The van der Waals surface area contributed by atoms with Gasteiger partial charge in [0, 0.05) is 19.0 Å². The van der Waals surface area contributed by atoms with Crippen LogP contribution in [0.4, 0.5) is 0 Å². The molecule has 0 unspecified atom stereocenters. The minimum Gasteiger partial charge on any atom is -0.388 e. The van der Waals surface area contributed by atoms with E-state index in [2.05, 4.69) is 6.58 Å². The highest BCUT2D eigenvalue weighted by Crippen LogP contribution is 2.38. The first-order chi connectivity index (χ1) is 10.2. The fourth-order valence-corrected chi connectivity index (χ4v) is 4.53. The van der Waals surface area contributed by atoms with Gasteiger partial charge in [-0.05, 0) is 31.9 Å². The lowest BCUT2D eigenvalue weighted by Crippen LogP contribution is -2.38. The highest BCUT2D eigenvalue weighted by atomic mass is 32.2. The van der Waals surface area contributed by atoms with Gasteiger partial charge in [-0.15, -0.1) is 0 Å². The van der Waals surface area contributed by atoms with Gasteiger partial charge in [-0.3, -0.25) is 0 Å². The predicted molar refractivity (Wildman–Crippen MR) is 88.1 cm³/mol. The summed E-state index contributed by atoms with van der Waals surface area (Å²) in [6, 6.07) is 6.82. The molecule has 5 heteroatoms. The van der Waals surface area contributed by atoms with Crippen LogP contribution >= 0.6 is 0 Å². The lowest BCUT2D eigenvalue weighted by atomic mass is 9.82. The standard InChI is InChI=1S/C17H25NO3S/c1-5-14(4)16-11-18(12-17(16,19)6-2)22(20,21)15-9-7-13(3)8-10-15/h7-10,16,19H,4-6,11-12H2,1-3H3/t16-,17-/m0/s1. The molecule has 1 aliphatic rings. The van der Waals surface area contributed by atoms with E-state index in [1.165, 1.54) is 4.31 Å². The molecule has 1 saturated heterocycles. The number of benzene rings is 1. The van der Waals surface area contributed by atoms with E-state index in [1.54, 1.807) is 24.3 Å². The number of hydrogen-bond donors (Lipinski definition) is 1. The number of hydrogen-bond acceptors (Lipinski definition) is 3. The fraction of sp³-hybridized carbons (Fsp3) is 0.529. The number of sulfonamides is 1. The average molecular weight is 323 g/mol. The maximum absolute atomic E-state index is 12.8. The van der Waals surface area contributed by atoms with Crippen LogP contribution < -0.4 is 0 Å². The number of rotatable bonds is 5. The van der Waals surface area contributed by atoms with Gasteiger partial charge in [-0.25, -0.2) is 8.42 Å². The molecule has 1 aliphatic heterocycles. The number of aryl methyl sites for hydroxylation is 1. The van der Waals surface area contributed by atoms with Crippen molar-refractivity contribution in [2.24, 2.45) is 5.92 Å². The Morgan fingerprint density at radius 1 is 1.36 bits per heavy atom. The van der Waals surface area contributed by atoms with Gasteiger partial charge in [0.15, 0.2) is 0 Å². The zero-order valence-corrected chi connectivity index (χ0v) is 14.4. The van der Waals surface area contributed by atoms with Crippen LogP contribution in [0.1, 0.15) is 32.3 Å². The summed E-state index contributed by atoms with van der Waals surface area (Å²) in [5, 5.41) is 10.8. The molecule has 1 N–H and O–H groups in total. The number of aliphatic hydroxyl groups is 1. The Hall–Kier alpha value is -1.17. The summed E-state index contributed by atoms with van der Waals surface area (Å²) in [7, 11) is -3.58. The zero-order valence-electron chi connectivity index (χ0n) is 13.5. The highest BCUT2D eigenvalue weighted by Gasteiger charge is 2.48. The monoisotopic (exact) mass is 323 g/mol. The van der Waals surface area contributed by atoms with Crippen LogP contribution in [0.3, 0.4) is 0 Å². The largest absolute Gasteiger partial charge is 0.388 e. The van der Waals surface area contributed by atoms with Crippen LogP contribution in [0.15, 0.2) is 41.3 Å². The molecule has 4 nitrogen and oxygen atoms in total. The normalized spacial score (nSPS) is 26.3. The number of β-amino-alcohol motifs (C(OH)–C–C–N with tert-alkyl or cyclic N) is 1. The van der Waals surface area contributed by atoms with E-state index >= 15 is 0 Å². The lowest BCUT2D eigenvalue weighted by Gasteiger charge is -2.28. The number of nitrogens with zero attached hydrogens (tertiary/aromatic N) is 1. The third kappa shape index (κ3) is 2.98. The van der Waals surface area contributed by atoms with Gasteiger partial charge in [0.25, 0.3) is 0 Å². The van der Waals surface area contributed by atoms with Crippen LogP contribution in [0.2, 0.25) is 0 Å². The highest BCUT2D eigenvalue weighted by molar-refractivity contribution is 7.89. The zero-order chi connectivity index (χ0) is 16.5. The maximum Gasteiger partial charge on any atom is 0.243 e. The van der Waals surface area contributed by atoms with Crippen molar-refractivity contribution in [2.45, 2.75) is 44.1 Å². The SMILES string of the molecule is C=C(CC)[C@@H]1CN(S(=O)(=O)c2ccc(C)cc2)C[C@@]1(O)CC. The molecular weight excluding hydrogens is 298 g/mol. The Morgan fingerprint density at radius 3 is 2.45 bits per heavy atom. The molecule has 0 amide bonds. The van der Waals surface area contributed by atoms with Crippen LogP contribution in [0, 0.1) is 12.8 Å². The van der Waals surface area contributed by atoms with Gasteiger partial charge in [-0.2, -0.15) is 4.31 Å². The maximum atomic E-state index is 12.8. The van der Waals surface area contributed by atoms with Crippen molar-refractivity contribution in [2.75, 3.05) is 13.1 Å². The first kappa shape index (κ1) is 17.2. The van der Waals surface area contributed by atoms with E-state index in [0.29, 0.717) is 13.0 Å². The Kier molecular flexibility index (Phi) is 4.80. The van der Waals surface area contributed by atoms with E-state index in [-0.39, 0.29) is 17.4 Å². The molecule has 0 saturated carbocycles. The third-order valence-corrected chi connectivity index (χ3v) is 6.53. The van der Waals surface area contributed by atoms with Crippen LogP contribution in [0.25, 0.3) is 0 Å².